The summed E-state index contributed by atoms with van der Waals surface area (Å²) in [7, 11) is 0. The van der Waals surface area contributed by atoms with Crippen LogP contribution in [0, 0.1) is 5.92 Å². The van der Waals surface area contributed by atoms with Gasteiger partial charge in [0, 0.05) is 25.7 Å². The molecular weight excluding hydrogens is 260 g/mol. The minimum absolute atomic E-state index is 0.647. The largest absolute Gasteiger partial charge is 0.492 e. The van der Waals surface area contributed by atoms with Gasteiger partial charge in [0.25, 0.3) is 0 Å². The molecule has 1 atom stereocenters. The van der Waals surface area contributed by atoms with Crippen molar-refractivity contribution in [2.24, 2.45) is 5.92 Å². The zero-order chi connectivity index (χ0) is 14.5. The van der Waals surface area contributed by atoms with Gasteiger partial charge < -0.3 is 15.0 Å². The summed E-state index contributed by atoms with van der Waals surface area (Å²) in [5.41, 5.74) is 1.27. The number of nitrogens with one attached hydrogen (secondary N) is 1. The van der Waals surface area contributed by atoms with Crippen molar-refractivity contribution in [3.05, 3.63) is 24.3 Å². The average Bonchev–Trinajstić information content (AvgIpc) is 2.57. The van der Waals surface area contributed by atoms with Crippen LogP contribution >= 0.6 is 0 Å². The average molecular weight is 288 g/mol. The molecule has 1 heterocycles. The topological polar surface area (TPSA) is 24.5 Å². The third-order valence-electron chi connectivity index (χ3n) is 4.93. The second kappa shape index (κ2) is 7.17. The fraction of sp³-hybridized carbons (Fsp3) is 0.667. The van der Waals surface area contributed by atoms with Crippen molar-refractivity contribution >= 4 is 5.69 Å². The molecule has 21 heavy (non-hydrogen) atoms. The minimum Gasteiger partial charge on any atom is -0.492 e. The van der Waals surface area contributed by atoms with E-state index in [1.807, 2.05) is 0 Å². The zero-order valence-electron chi connectivity index (χ0n) is 13.2. The molecule has 0 amide bonds. The number of anilines is 1. The number of ether oxygens (including phenoxy) is 1. The molecule has 0 aromatic heterocycles. The van der Waals surface area contributed by atoms with Crippen LogP contribution in [0.1, 0.15) is 39.0 Å². The molecule has 116 valence electrons. The van der Waals surface area contributed by atoms with Crippen molar-refractivity contribution in [2.75, 3.05) is 31.1 Å². The highest BCUT2D eigenvalue weighted by molar-refractivity contribution is 5.58. The van der Waals surface area contributed by atoms with Gasteiger partial charge in [0.05, 0.1) is 12.3 Å². The third kappa shape index (κ3) is 3.52. The Morgan fingerprint density at radius 1 is 1.19 bits per heavy atom. The Kier molecular flexibility index (Phi) is 5.02. The van der Waals surface area contributed by atoms with Gasteiger partial charge in [-0.3, -0.25) is 0 Å². The zero-order valence-corrected chi connectivity index (χ0v) is 13.2. The fourth-order valence-electron chi connectivity index (χ4n) is 3.85. The van der Waals surface area contributed by atoms with Crippen LogP contribution in [0.4, 0.5) is 5.69 Å². The molecule has 0 bridgehead atoms. The van der Waals surface area contributed by atoms with Gasteiger partial charge in [-0.25, -0.2) is 0 Å². The lowest BCUT2D eigenvalue weighted by atomic mass is 9.83. The summed E-state index contributed by atoms with van der Waals surface area (Å²) in [5.74, 6) is 1.89. The molecule has 0 radical (unpaired) electrons. The van der Waals surface area contributed by atoms with Crippen molar-refractivity contribution in [2.45, 2.75) is 45.1 Å². The van der Waals surface area contributed by atoms with Gasteiger partial charge in [-0.2, -0.15) is 0 Å². The Morgan fingerprint density at radius 3 is 2.81 bits per heavy atom. The van der Waals surface area contributed by atoms with Crippen LogP contribution in [0.3, 0.4) is 0 Å². The standard InChI is InChI=1S/C18H28N2O/c1-2-21-18-11-7-6-10-17(18)20-13-12-19-16(14-20)15-8-4-3-5-9-15/h6-7,10-11,15-16,19H,2-5,8-9,12-14H2,1H3. The number of hydrogen-bond acceptors (Lipinski definition) is 3. The van der Waals surface area contributed by atoms with Crippen LogP contribution in [0.5, 0.6) is 5.75 Å². The number of benzene rings is 1. The summed E-state index contributed by atoms with van der Waals surface area (Å²) in [6.45, 7) is 6.07. The van der Waals surface area contributed by atoms with Gasteiger partial charge in [0.1, 0.15) is 5.75 Å². The van der Waals surface area contributed by atoms with Crippen LogP contribution in [0.25, 0.3) is 0 Å². The first-order valence-corrected chi connectivity index (χ1v) is 8.58. The first kappa shape index (κ1) is 14.7. The molecule has 1 N–H and O–H groups in total. The van der Waals surface area contributed by atoms with E-state index in [1.54, 1.807) is 0 Å². The SMILES string of the molecule is CCOc1ccccc1N1CCNC(C2CCCCC2)C1. The second-order valence-electron chi connectivity index (χ2n) is 6.31. The maximum Gasteiger partial charge on any atom is 0.142 e. The van der Waals surface area contributed by atoms with Crippen molar-refractivity contribution in [1.29, 1.82) is 0 Å². The lowest BCUT2D eigenvalue weighted by Gasteiger charge is -2.40. The van der Waals surface area contributed by atoms with E-state index in [-0.39, 0.29) is 0 Å². The van der Waals surface area contributed by atoms with Crippen LogP contribution < -0.4 is 15.0 Å². The highest BCUT2D eigenvalue weighted by Crippen LogP contribution is 2.32. The van der Waals surface area contributed by atoms with E-state index in [0.29, 0.717) is 6.04 Å². The summed E-state index contributed by atoms with van der Waals surface area (Å²) in [4.78, 5) is 2.51. The van der Waals surface area contributed by atoms with E-state index >= 15 is 0 Å². The molecule has 3 nitrogen and oxygen atoms in total. The van der Waals surface area contributed by atoms with E-state index in [1.165, 1.54) is 37.8 Å². The molecule has 2 fully saturated rings. The summed E-state index contributed by atoms with van der Waals surface area (Å²) in [6.07, 6.45) is 7.06. The molecule has 1 unspecified atom stereocenters. The van der Waals surface area contributed by atoms with Crippen molar-refractivity contribution < 1.29 is 4.74 Å². The molecule has 1 aromatic rings. The van der Waals surface area contributed by atoms with Crippen LogP contribution in [-0.4, -0.2) is 32.3 Å². The Balaban J connectivity index is 1.70. The van der Waals surface area contributed by atoms with Gasteiger partial charge in [-0.1, -0.05) is 31.4 Å². The fourth-order valence-corrected chi connectivity index (χ4v) is 3.85. The maximum atomic E-state index is 5.81. The number of piperazine rings is 1. The summed E-state index contributed by atoms with van der Waals surface area (Å²) in [5, 5.41) is 3.76. The molecule has 1 aliphatic heterocycles. The number of rotatable bonds is 4. The van der Waals surface area contributed by atoms with Crippen LogP contribution in [0.2, 0.25) is 0 Å². The molecular formula is C18H28N2O. The van der Waals surface area contributed by atoms with Crippen molar-refractivity contribution in [3.8, 4) is 5.75 Å². The maximum absolute atomic E-state index is 5.81. The second-order valence-corrected chi connectivity index (χ2v) is 6.31. The lowest BCUT2D eigenvalue weighted by Crippen LogP contribution is -2.54. The molecule has 1 aromatic carbocycles. The Labute approximate surface area is 128 Å². The predicted molar refractivity (Wildman–Crippen MR) is 88.2 cm³/mol. The van der Waals surface area contributed by atoms with Crippen LogP contribution in [-0.2, 0) is 0 Å². The van der Waals surface area contributed by atoms with E-state index in [9.17, 15) is 0 Å². The van der Waals surface area contributed by atoms with Crippen molar-refractivity contribution in [1.82, 2.24) is 5.32 Å². The Morgan fingerprint density at radius 2 is 2.00 bits per heavy atom. The van der Waals surface area contributed by atoms with Gasteiger partial charge >= 0.3 is 0 Å². The molecule has 0 spiro atoms. The third-order valence-corrected chi connectivity index (χ3v) is 4.93. The minimum atomic E-state index is 0.647. The number of hydrogen-bond donors (Lipinski definition) is 1. The summed E-state index contributed by atoms with van der Waals surface area (Å²) < 4.78 is 5.81. The highest BCUT2D eigenvalue weighted by atomic mass is 16.5. The molecule has 1 saturated heterocycles. The van der Waals surface area contributed by atoms with E-state index in [0.717, 1.165) is 37.9 Å². The quantitative estimate of drug-likeness (QED) is 0.918. The lowest BCUT2D eigenvalue weighted by molar-refractivity contribution is 0.256. The Hall–Kier alpha value is -1.22. The van der Waals surface area contributed by atoms with E-state index < -0.39 is 0 Å². The summed E-state index contributed by atoms with van der Waals surface area (Å²) >= 11 is 0. The molecule has 3 heteroatoms. The summed E-state index contributed by atoms with van der Waals surface area (Å²) in [6, 6.07) is 9.13. The molecule has 2 aliphatic rings. The smallest absolute Gasteiger partial charge is 0.142 e. The molecule has 3 rings (SSSR count). The van der Waals surface area contributed by atoms with Crippen molar-refractivity contribution in [3.63, 3.8) is 0 Å². The predicted octanol–water partition coefficient (Wildman–Crippen LogP) is 3.44. The van der Waals surface area contributed by atoms with Gasteiger partial charge in [-0.05, 0) is 37.8 Å². The molecule has 1 aliphatic carbocycles. The van der Waals surface area contributed by atoms with Gasteiger partial charge in [0.15, 0.2) is 0 Å². The highest BCUT2D eigenvalue weighted by Gasteiger charge is 2.28. The first-order chi connectivity index (χ1) is 10.4. The first-order valence-electron chi connectivity index (χ1n) is 8.58. The Bertz CT molecular complexity index is 443. The van der Waals surface area contributed by atoms with Crippen LogP contribution in [0.15, 0.2) is 24.3 Å². The molecule has 1 saturated carbocycles. The number of para-hydroxylation sites is 2. The monoisotopic (exact) mass is 288 g/mol. The van der Waals surface area contributed by atoms with E-state index in [2.05, 4.69) is 41.4 Å². The van der Waals surface area contributed by atoms with Gasteiger partial charge in [-0.15, -0.1) is 0 Å². The van der Waals surface area contributed by atoms with E-state index in [4.69, 9.17) is 4.74 Å². The normalized spacial score (nSPS) is 24.0. The van der Waals surface area contributed by atoms with Gasteiger partial charge in [0.2, 0.25) is 0 Å². The number of nitrogens with zero attached hydrogens (tertiary/aromatic N) is 1.